The number of thioether (sulfide) groups is 1. The van der Waals surface area contributed by atoms with Gasteiger partial charge in [0.1, 0.15) is 0 Å². The van der Waals surface area contributed by atoms with Crippen molar-refractivity contribution in [2.75, 3.05) is 25.0 Å². The van der Waals surface area contributed by atoms with Crippen molar-refractivity contribution >= 4 is 34.4 Å². The highest BCUT2D eigenvalue weighted by Gasteiger charge is 2.27. The molecule has 1 aliphatic rings. The minimum absolute atomic E-state index is 0.00112. The highest BCUT2D eigenvalue weighted by Crippen LogP contribution is 2.28. The quantitative estimate of drug-likeness (QED) is 0.656. The zero-order chi connectivity index (χ0) is 15.9. The van der Waals surface area contributed by atoms with Crippen molar-refractivity contribution in [1.82, 2.24) is 4.90 Å². The third-order valence-electron chi connectivity index (χ3n) is 2.77. The third kappa shape index (κ3) is 4.63. The first kappa shape index (κ1) is 16.1. The lowest BCUT2D eigenvalue weighted by atomic mass is 10.3. The van der Waals surface area contributed by atoms with Crippen LogP contribution < -0.4 is 5.32 Å². The summed E-state index contributed by atoms with van der Waals surface area (Å²) >= 11 is 0.943. The van der Waals surface area contributed by atoms with Crippen molar-refractivity contribution in [2.45, 2.75) is 6.92 Å². The van der Waals surface area contributed by atoms with Crippen LogP contribution in [-0.2, 0) is 19.1 Å². The Hall–Kier alpha value is -2.28. The topological polar surface area (TPSA) is 75.7 Å². The maximum absolute atomic E-state index is 12.0. The van der Waals surface area contributed by atoms with Crippen LogP contribution in [0.5, 0.6) is 0 Å². The highest BCUT2D eigenvalue weighted by molar-refractivity contribution is 8.17. The fraction of sp³-hybridized carbons (Fsp3) is 0.267. The van der Waals surface area contributed by atoms with Gasteiger partial charge in [0.25, 0.3) is 0 Å². The molecule has 116 valence electrons. The Morgan fingerprint density at radius 2 is 2.09 bits per heavy atom. The van der Waals surface area contributed by atoms with Crippen molar-refractivity contribution in [3.05, 3.63) is 41.4 Å². The van der Waals surface area contributed by atoms with E-state index in [1.54, 1.807) is 24.0 Å². The number of carbonyl (C=O) groups is 3. The van der Waals surface area contributed by atoms with Crippen molar-refractivity contribution in [3.63, 3.8) is 0 Å². The second-order valence-electron chi connectivity index (χ2n) is 4.48. The van der Waals surface area contributed by atoms with Crippen molar-refractivity contribution in [1.29, 1.82) is 0 Å². The predicted molar refractivity (Wildman–Crippen MR) is 84.0 cm³/mol. The first-order chi connectivity index (χ1) is 10.6. The lowest BCUT2D eigenvalue weighted by Gasteiger charge is -2.17. The van der Waals surface area contributed by atoms with Crippen LogP contribution in [0.25, 0.3) is 0 Å². The predicted octanol–water partition coefficient (Wildman–Crippen LogP) is 1.60. The fourth-order valence-electron chi connectivity index (χ4n) is 1.88. The van der Waals surface area contributed by atoms with Crippen molar-refractivity contribution < 1.29 is 19.1 Å². The van der Waals surface area contributed by atoms with Gasteiger partial charge >= 0.3 is 5.97 Å². The Kier molecular flexibility index (Phi) is 5.60. The Morgan fingerprint density at radius 1 is 1.36 bits per heavy atom. The number of benzene rings is 1. The monoisotopic (exact) mass is 320 g/mol. The summed E-state index contributed by atoms with van der Waals surface area (Å²) in [5, 5.41) is 3.07. The van der Waals surface area contributed by atoms with E-state index in [4.69, 9.17) is 4.74 Å². The number of hydrogen-bond acceptors (Lipinski definition) is 6. The molecule has 0 spiro atoms. The molecule has 1 amide bonds. The molecular formula is C15H16N2O4S. The standard InChI is InChI=1S/C15H16N2O4S/c1-2-21-14(19)8-13-17(10-15(20)22-13)9-12(18)16-11-6-4-3-5-7-11/h3-8H,2,9-10H2,1H3,(H,16,18). The van der Waals surface area contributed by atoms with E-state index in [-0.39, 0.29) is 30.7 Å². The number of amides is 1. The number of esters is 1. The average Bonchev–Trinajstić information content (AvgIpc) is 2.79. The first-order valence-corrected chi connectivity index (χ1v) is 7.59. The minimum Gasteiger partial charge on any atom is -0.463 e. The minimum atomic E-state index is -0.520. The molecule has 1 N–H and O–H groups in total. The van der Waals surface area contributed by atoms with Crippen molar-refractivity contribution in [3.8, 4) is 0 Å². The Morgan fingerprint density at radius 3 is 2.77 bits per heavy atom. The summed E-state index contributed by atoms with van der Waals surface area (Å²) in [5.74, 6) is -0.774. The lowest BCUT2D eigenvalue weighted by molar-refractivity contribution is -0.137. The van der Waals surface area contributed by atoms with Crippen molar-refractivity contribution in [2.24, 2.45) is 0 Å². The largest absolute Gasteiger partial charge is 0.463 e. The number of anilines is 1. The van der Waals surface area contributed by atoms with Crippen LogP contribution in [0.15, 0.2) is 41.4 Å². The summed E-state index contributed by atoms with van der Waals surface area (Å²) in [6, 6.07) is 9.04. The number of para-hydroxylation sites is 1. The van der Waals surface area contributed by atoms with E-state index < -0.39 is 5.97 Å². The number of carbonyl (C=O) groups excluding carboxylic acids is 3. The maximum atomic E-state index is 12.0. The molecule has 2 rings (SSSR count). The number of rotatable bonds is 5. The van der Waals surface area contributed by atoms with Gasteiger partial charge in [0.05, 0.1) is 30.8 Å². The fourth-order valence-corrected chi connectivity index (χ4v) is 2.75. The van der Waals surface area contributed by atoms with Crippen LogP contribution in [0.1, 0.15) is 6.92 Å². The second kappa shape index (κ2) is 7.65. The molecule has 1 heterocycles. The van der Waals surface area contributed by atoms with E-state index in [9.17, 15) is 14.4 Å². The molecule has 22 heavy (non-hydrogen) atoms. The van der Waals surface area contributed by atoms with Crippen LogP contribution in [0, 0.1) is 0 Å². The Bertz CT molecular complexity index is 601. The number of hydrogen-bond donors (Lipinski definition) is 1. The molecule has 0 unspecified atom stereocenters. The molecular weight excluding hydrogens is 304 g/mol. The van der Waals surface area contributed by atoms with Gasteiger partial charge in [-0.05, 0) is 30.8 Å². The molecule has 1 aromatic carbocycles. The molecule has 1 aliphatic heterocycles. The zero-order valence-electron chi connectivity index (χ0n) is 12.1. The second-order valence-corrected chi connectivity index (χ2v) is 5.56. The van der Waals surface area contributed by atoms with Gasteiger partial charge in [-0.15, -0.1) is 0 Å². The number of ether oxygens (including phenoxy) is 1. The average molecular weight is 320 g/mol. The van der Waals surface area contributed by atoms with Crippen LogP contribution in [0.4, 0.5) is 5.69 Å². The molecule has 1 fully saturated rings. The van der Waals surface area contributed by atoms with E-state index in [2.05, 4.69) is 5.32 Å². The highest BCUT2D eigenvalue weighted by atomic mass is 32.2. The molecule has 1 aromatic rings. The molecule has 1 saturated heterocycles. The maximum Gasteiger partial charge on any atom is 0.333 e. The molecule has 0 atom stereocenters. The Labute approximate surface area is 132 Å². The van der Waals surface area contributed by atoms with Gasteiger partial charge in [-0.2, -0.15) is 0 Å². The lowest BCUT2D eigenvalue weighted by Crippen LogP contribution is -2.31. The van der Waals surface area contributed by atoms with Gasteiger partial charge in [-0.25, -0.2) is 4.79 Å². The summed E-state index contributed by atoms with van der Waals surface area (Å²) in [6.45, 7) is 2.06. The number of nitrogens with one attached hydrogen (secondary N) is 1. The van der Waals surface area contributed by atoms with Crippen LogP contribution in [0.2, 0.25) is 0 Å². The molecule has 6 nitrogen and oxygen atoms in total. The van der Waals surface area contributed by atoms with E-state index in [0.29, 0.717) is 10.7 Å². The summed E-state index contributed by atoms with van der Waals surface area (Å²) in [7, 11) is 0. The molecule has 7 heteroatoms. The van der Waals surface area contributed by atoms with Gasteiger partial charge in [0, 0.05) is 5.69 Å². The van der Waals surface area contributed by atoms with Gasteiger partial charge in [-0.1, -0.05) is 18.2 Å². The summed E-state index contributed by atoms with van der Waals surface area (Å²) in [4.78, 5) is 36.6. The summed E-state index contributed by atoms with van der Waals surface area (Å²) < 4.78 is 4.82. The van der Waals surface area contributed by atoms with Gasteiger partial charge in [-0.3, -0.25) is 9.59 Å². The summed E-state index contributed by atoms with van der Waals surface area (Å²) in [6.07, 6.45) is 1.24. The van der Waals surface area contributed by atoms with Crippen LogP contribution in [0.3, 0.4) is 0 Å². The molecule has 0 radical (unpaired) electrons. The van der Waals surface area contributed by atoms with Gasteiger partial charge < -0.3 is 15.0 Å². The SMILES string of the molecule is CCOC(=O)C=C1SC(=O)CN1CC(=O)Nc1ccccc1. The van der Waals surface area contributed by atoms with E-state index >= 15 is 0 Å². The summed E-state index contributed by atoms with van der Waals surface area (Å²) in [5.41, 5.74) is 0.682. The van der Waals surface area contributed by atoms with Crippen LogP contribution >= 0.6 is 11.8 Å². The van der Waals surface area contributed by atoms with Crippen LogP contribution in [-0.4, -0.2) is 41.6 Å². The zero-order valence-corrected chi connectivity index (χ0v) is 12.9. The normalized spacial score (nSPS) is 16.0. The molecule has 0 bridgehead atoms. The number of nitrogens with zero attached hydrogens (tertiary/aromatic N) is 1. The molecule has 0 aliphatic carbocycles. The van der Waals surface area contributed by atoms with Gasteiger partial charge in [0.2, 0.25) is 11.0 Å². The smallest absolute Gasteiger partial charge is 0.333 e. The third-order valence-corrected chi connectivity index (χ3v) is 3.71. The Balaban J connectivity index is 1.99. The van der Waals surface area contributed by atoms with Gasteiger partial charge in [0.15, 0.2) is 0 Å². The first-order valence-electron chi connectivity index (χ1n) is 6.77. The van der Waals surface area contributed by atoms with E-state index in [1.165, 1.54) is 6.08 Å². The molecule has 0 saturated carbocycles. The molecule has 0 aromatic heterocycles. The van der Waals surface area contributed by atoms with E-state index in [1.807, 2.05) is 18.2 Å². The van der Waals surface area contributed by atoms with E-state index in [0.717, 1.165) is 11.8 Å².